The molecule has 3 N–H and O–H groups in total. The van der Waals surface area contributed by atoms with Crippen molar-refractivity contribution in [3.8, 4) is 0 Å². The molecule has 2 atom stereocenters. The lowest BCUT2D eigenvalue weighted by Crippen LogP contribution is -2.35. The Hall–Kier alpha value is -0.770. The van der Waals surface area contributed by atoms with E-state index in [4.69, 9.17) is 15.7 Å². The lowest BCUT2D eigenvalue weighted by Gasteiger charge is -2.39. The van der Waals surface area contributed by atoms with Gasteiger partial charge in [-0.25, -0.2) is 0 Å². The zero-order chi connectivity index (χ0) is 14.7. The summed E-state index contributed by atoms with van der Waals surface area (Å²) < 4.78 is 6.03. The molecule has 1 saturated carbocycles. The number of rotatable bonds is 5. The van der Waals surface area contributed by atoms with Crippen LogP contribution in [0.1, 0.15) is 60.3 Å². The fourth-order valence-electron chi connectivity index (χ4n) is 3.13. The van der Waals surface area contributed by atoms with Gasteiger partial charge in [-0.3, -0.25) is 0 Å². The maximum Gasteiger partial charge on any atom is 0.144 e. The molecular formula is C15H30N2O2. The molecule has 1 rings (SSSR count). The van der Waals surface area contributed by atoms with Crippen LogP contribution in [0.5, 0.6) is 0 Å². The average Bonchev–Trinajstić information content (AvgIpc) is 2.24. The summed E-state index contributed by atoms with van der Waals surface area (Å²) in [6.45, 7) is 11.5. The molecule has 0 heterocycles. The molecular weight excluding hydrogens is 240 g/mol. The van der Waals surface area contributed by atoms with E-state index >= 15 is 0 Å². The molecule has 0 spiro atoms. The van der Waals surface area contributed by atoms with Crippen molar-refractivity contribution in [3.05, 3.63) is 0 Å². The van der Waals surface area contributed by atoms with Crippen LogP contribution in [0.4, 0.5) is 0 Å². The average molecular weight is 270 g/mol. The molecule has 1 fully saturated rings. The lowest BCUT2D eigenvalue weighted by molar-refractivity contribution is -0.0281. The van der Waals surface area contributed by atoms with Crippen molar-refractivity contribution in [2.24, 2.45) is 27.6 Å². The highest BCUT2D eigenvalue weighted by Gasteiger charge is 2.33. The molecule has 1 aliphatic carbocycles. The Morgan fingerprint density at radius 3 is 2.58 bits per heavy atom. The second-order valence-electron chi connectivity index (χ2n) is 7.53. The van der Waals surface area contributed by atoms with Crippen molar-refractivity contribution in [2.75, 3.05) is 6.61 Å². The molecule has 19 heavy (non-hydrogen) atoms. The van der Waals surface area contributed by atoms with Crippen LogP contribution in [-0.4, -0.2) is 23.8 Å². The van der Waals surface area contributed by atoms with Crippen LogP contribution in [0.25, 0.3) is 0 Å². The van der Waals surface area contributed by atoms with Gasteiger partial charge in [-0.2, -0.15) is 0 Å². The van der Waals surface area contributed by atoms with E-state index in [1.165, 1.54) is 6.42 Å². The van der Waals surface area contributed by atoms with Crippen LogP contribution in [0.3, 0.4) is 0 Å². The van der Waals surface area contributed by atoms with Gasteiger partial charge in [0.2, 0.25) is 0 Å². The molecule has 0 radical (unpaired) electrons. The molecule has 1 aliphatic rings. The minimum Gasteiger partial charge on any atom is -0.409 e. The van der Waals surface area contributed by atoms with Crippen molar-refractivity contribution >= 4 is 5.84 Å². The fourth-order valence-corrected chi connectivity index (χ4v) is 3.13. The zero-order valence-electron chi connectivity index (χ0n) is 13.1. The molecule has 0 bridgehead atoms. The Bertz CT molecular complexity index is 324. The Morgan fingerprint density at radius 2 is 2.05 bits per heavy atom. The Labute approximate surface area is 117 Å². The molecule has 0 aliphatic heterocycles. The molecule has 4 heteroatoms. The van der Waals surface area contributed by atoms with Gasteiger partial charge >= 0.3 is 0 Å². The molecule has 2 unspecified atom stereocenters. The number of amidine groups is 1. The van der Waals surface area contributed by atoms with E-state index in [0.717, 1.165) is 25.2 Å². The Morgan fingerprint density at radius 1 is 1.42 bits per heavy atom. The maximum atomic E-state index is 8.74. The highest BCUT2D eigenvalue weighted by molar-refractivity contribution is 5.85. The van der Waals surface area contributed by atoms with Crippen LogP contribution < -0.4 is 5.73 Å². The monoisotopic (exact) mass is 270 g/mol. The first kappa shape index (κ1) is 16.3. The van der Waals surface area contributed by atoms with E-state index in [9.17, 15) is 0 Å². The number of ether oxygens (including phenoxy) is 1. The summed E-state index contributed by atoms with van der Waals surface area (Å²) in [6.07, 6.45) is 4.67. The van der Waals surface area contributed by atoms with Crippen molar-refractivity contribution in [1.29, 1.82) is 0 Å². The summed E-state index contributed by atoms with van der Waals surface area (Å²) in [5.74, 6) is 0.999. The van der Waals surface area contributed by atoms with E-state index in [1.54, 1.807) is 0 Å². The molecule has 4 nitrogen and oxygen atoms in total. The summed E-state index contributed by atoms with van der Waals surface area (Å²) in [4.78, 5) is 0. The van der Waals surface area contributed by atoms with Gasteiger partial charge in [0.05, 0.1) is 6.10 Å². The van der Waals surface area contributed by atoms with Gasteiger partial charge in [-0.05, 0) is 37.0 Å². The van der Waals surface area contributed by atoms with Gasteiger partial charge in [0, 0.05) is 12.0 Å². The lowest BCUT2D eigenvalue weighted by atomic mass is 9.71. The Kier molecular flexibility index (Phi) is 5.25. The third-order valence-corrected chi connectivity index (χ3v) is 4.23. The third kappa shape index (κ3) is 5.01. The second kappa shape index (κ2) is 6.12. The largest absolute Gasteiger partial charge is 0.409 e. The highest BCUT2D eigenvalue weighted by atomic mass is 16.5. The van der Waals surface area contributed by atoms with Gasteiger partial charge in [0.25, 0.3) is 0 Å². The molecule has 0 saturated heterocycles. The first-order valence-corrected chi connectivity index (χ1v) is 7.26. The van der Waals surface area contributed by atoms with E-state index in [1.807, 2.05) is 13.8 Å². The SMILES string of the molecule is CC1CC(OCCC(C)(C)C(N)=NO)CC(C)(C)C1. The van der Waals surface area contributed by atoms with Crippen LogP contribution in [-0.2, 0) is 4.74 Å². The van der Waals surface area contributed by atoms with Crippen LogP contribution in [0, 0.1) is 16.7 Å². The van der Waals surface area contributed by atoms with E-state index in [2.05, 4.69) is 25.9 Å². The first-order valence-electron chi connectivity index (χ1n) is 7.26. The zero-order valence-corrected chi connectivity index (χ0v) is 13.1. The number of hydrogen-bond donors (Lipinski definition) is 2. The smallest absolute Gasteiger partial charge is 0.144 e. The summed E-state index contributed by atoms with van der Waals surface area (Å²) >= 11 is 0. The second-order valence-corrected chi connectivity index (χ2v) is 7.53. The number of hydrogen-bond acceptors (Lipinski definition) is 3. The van der Waals surface area contributed by atoms with E-state index in [-0.39, 0.29) is 11.3 Å². The molecule has 0 amide bonds. The van der Waals surface area contributed by atoms with Crippen LogP contribution in [0.2, 0.25) is 0 Å². The normalized spacial score (nSPS) is 28.4. The van der Waals surface area contributed by atoms with Crippen molar-refractivity contribution in [1.82, 2.24) is 0 Å². The van der Waals surface area contributed by atoms with Gasteiger partial charge < -0.3 is 15.7 Å². The number of oxime groups is 1. The summed E-state index contributed by atoms with van der Waals surface area (Å²) in [5.41, 5.74) is 5.74. The van der Waals surface area contributed by atoms with Gasteiger partial charge in [-0.15, -0.1) is 0 Å². The molecule has 0 aromatic carbocycles. The minimum atomic E-state index is -0.315. The van der Waals surface area contributed by atoms with Crippen molar-refractivity contribution in [2.45, 2.75) is 66.4 Å². The summed E-state index contributed by atoms with van der Waals surface area (Å²) in [5, 5.41) is 11.8. The number of nitrogens with zero attached hydrogens (tertiary/aromatic N) is 1. The van der Waals surface area contributed by atoms with Gasteiger partial charge in [0.1, 0.15) is 5.84 Å². The van der Waals surface area contributed by atoms with Crippen LogP contribution in [0.15, 0.2) is 5.16 Å². The summed E-state index contributed by atoms with van der Waals surface area (Å²) in [6, 6.07) is 0. The molecule has 0 aromatic rings. The van der Waals surface area contributed by atoms with E-state index in [0.29, 0.717) is 18.1 Å². The van der Waals surface area contributed by atoms with Crippen molar-refractivity contribution in [3.63, 3.8) is 0 Å². The standard InChI is InChI=1S/C15H30N2O2/c1-11-8-12(10-14(2,3)9-11)19-7-6-15(4,5)13(16)17-18/h11-12,18H,6-10H2,1-5H3,(H2,16,17). The minimum absolute atomic E-state index is 0.272. The predicted molar refractivity (Wildman–Crippen MR) is 78.3 cm³/mol. The first-order chi connectivity index (χ1) is 8.66. The Balaban J connectivity index is 2.41. The third-order valence-electron chi connectivity index (χ3n) is 4.23. The van der Waals surface area contributed by atoms with Crippen LogP contribution >= 0.6 is 0 Å². The van der Waals surface area contributed by atoms with Crippen molar-refractivity contribution < 1.29 is 9.94 Å². The molecule has 0 aromatic heterocycles. The maximum absolute atomic E-state index is 8.74. The highest BCUT2D eigenvalue weighted by Crippen LogP contribution is 2.39. The van der Waals surface area contributed by atoms with Gasteiger partial charge in [0.15, 0.2) is 0 Å². The number of nitrogens with two attached hydrogens (primary N) is 1. The quantitative estimate of drug-likeness (QED) is 0.348. The topological polar surface area (TPSA) is 67.8 Å². The predicted octanol–water partition coefficient (Wildman–Crippen LogP) is 3.38. The summed E-state index contributed by atoms with van der Waals surface area (Å²) in [7, 11) is 0. The molecule has 112 valence electrons. The van der Waals surface area contributed by atoms with Gasteiger partial charge in [-0.1, -0.05) is 39.8 Å². The van der Waals surface area contributed by atoms with E-state index < -0.39 is 0 Å². The fraction of sp³-hybridized carbons (Fsp3) is 0.933.